The summed E-state index contributed by atoms with van der Waals surface area (Å²) in [6, 6.07) is 16.6. The summed E-state index contributed by atoms with van der Waals surface area (Å²) in [5.41, 5.74) is 1.99. The molecule has 0 radical (unpaired) electrons. The first-order valence-electron chi connectivity index (χ1n) is 7.17. The van der Waals surface area contributed by atoms with E-state index in [1.54, 1.807) is 35.3 Å². The van der Waals surface area contributed by atoms with Gasteiger partial charge in [0.2, 0.25) is 0 Å². The number of carbonyl (C=O) groups is 1. The second-order valence-corrected chi connectivity index (χ2v) is 4.87. The molecule has 5 nitrogen and oxygen atoms in total. The molecule has 0 amide bonds. The van der Waals surface area contributed by atoms with E-state index in [-0.39, 0.29) is 6.61 Å². The van der Waals surface area contributed by atoms with E-state index in [4.69, 9.17) is 9.47 Å². The number of hydrogen-bond acceptors (Lipinski definition) is 4. The summed E-state index contributed by atoms with van der Waals surface area (Å²) in [5, 5.41) is 4.17. The zero-order valence-corrected chi connectivity index (χ0v) is 12.7. The molecule has 0 atom stereocenters. The van der Waals surface area contributed by atoms with E-state index >= 15 is 0 Å². The number of ether oxygens (including phenoxy) is 2. The van der Waals surface area contributed by atoms with Crippen molar-refractivity contribution < 1.29 is 14.3 Å². The molecule has 3 aromatic rings. The van der Waals surface area contributed by atoms with Crippen molar-refractivity contribution in [3.63, 3.8) is 0 Å². The third kappa shape index (κ3) is 3.23. The Morgan fingerprint density at radius 3 is 2.61 bits per heavy atom. The van der Waals surface area contributed by atoms with Gasteiger partial charge in [-0.15, -0.1) is 0 Å². The van der Waals surface area contributed by atoms with Crippen molar-refractivity contribution in [1.82, 2.24) is 9.78 Å². The van der Waals surface area contributed by atoms with Crippen LogP contribution in [0.25, 0.3) is 5.69 Å². The lowest BCUT2D eigenvalue weighted by atomic mass is 10.1. The molecule has 0 N–H and O–H groups in total. The molecule has 0 aliphatic carbocycles. The molecule has 0 spiro atoms. The Kier molecular flexibility index (Phi) is 4.38. The van der Waals surface area contributed by atoms with Gasteiger partial charge in [-0.2, -0.15) is 5.10 Å². The Balaban J connectivity index is 1.84. The minimum absolute atomic E-state index is 0.217. The van der Waals surface area contributed by atoms with Gasteiger partial charge in [-0.3, -0.25) is 0 Å². The minimum atomic E-state index is -0.431. The van der Waals surface area contributed by atoms with E-state index in [9.17, 15) is 4.79 Å². The highest BCUT2D eigenvalue weighted by atomic mass is 16.5. The molecule has 1 aromatic heterocycles. The maximum absolute atomic E-state index is 12.4. The molecule has 0 fully saturated rings. The zero-order chi connectivity index (χ0) is 16.1. The Morgan fingerprint density at radius 1 is 1.09 bits per heavy atom. The molecule has 0 saturated heterocycles. The van der Waals surface area contributed by atoms with Crippen LogP contribution in [-0.2, 0) is 11.3 Å². The van der Waals surface area contributed by atoms with Crippen LogP contribution in [0.2, 0.25) is 0 Å². The lowest BCUT2D eigenvalue weighted by molar-refractivity contribution is 0.0469. The number of carbonyl (C=O) groups excluding carboxylic acids is 1. The van der Waals surface area contributed by atoms with Crippen LogP contribution in [0.3, 0.4) is 0 Å². The van der Waals surface area contributed by atoms with Gasteiger partial charge < -0.3 is 9.47 Å². The van der Waals surface area contributed by atoms with Gasteiger partial charge in [0.15, 0.2) is 5.75 Å². The van der Waals surface area contributed by atoms with Crippen molar-refractivity contribution in [2.75, 3.05) is 7.11 Å². The van der Waals surface area contributed by atoms with Gasteiger partial charge in [0.1, 0.15) is 17.9 Å². The average molecular weight is 308 g/mol. The third-order valence-corrected chi connectivity index (χ3v) is 3.38. The average Bonchev–Trinajstić information content (AvgIpc) is 3.14. The number of nitrogens with zero attached hydrogens (tertiary/aromatic N) is 2. The van der Waals surface area contributed by atoms with Gasteiger partial charge in [0.25, 0.3) is 0 Å². The Labute approximate surface area is 134 Å². The van der Waals surface area contributed by atoms with Gasteiger partial charge in [0.05, 0.1) is 7.11 Å². The van der Waals surface area contributed by atoms with Gasteiger partial charge in [-0.05, 0) is 23.8 Å². The van der Waals surface area contributed by atoms with E-state index < -0.39 is 5.97 Å². The normalized spacial score (nSPS) is 10.3. The van der Waals surface area contributed by atoms with Crippen molar-refractivity contribution in [2.24, 2.45) is 0 Å². The fraction of sp³-hybridized carbons (Fsp3) is 0.111. The lowest BCUT2D eigenvalue weighted by Crippen LogP contribution is -2.09. The molecule has 0 aliphatic heterocycles. The molecule has 116 valence electrons. The first-order chi connectivity index (χ1) is 11.3. The standard InChI is InChI=1S/C18H16N2O3/c1-22-17-15(9-5-10-16(17)20-12-6-11-19-20)18(21)23-13-14-7-3-2-4-8-14/h2-12H,13H2,1H3. The molecule has 0 aliphatic rings. The number of para-hydroxylation sites is 1. The van der Waals surface area contributed by atoms with Crippen LogP contribution in [0.15, 0.2) is 67.0 Å². The number of benzene rings is 2. The number of methoxy groups -OCH3 is 1. The quantitative estimate of drug-likeness (QED) is 0.679. The maximum Gasteiger partial charge on any atom is 0.342 e. The number of hydrogen-bond donors (Lipinski definition) is 0. The van der Waals surface area contributed by atoms with Crippen molar-refractivity contribution >= 4 is 5.97 Å². The van der Waals surface area contributed by atoms with Crippen LogP contribution < -0.4 is 4.74 Å². The van der Waals surface area contributed by atoms with Crippen LogP contribution in [0.4, 0.5) is 0 Å². The van der Waals surface area contributed by atoms with E-state index in [1.165, 1.54) is 7.11 Å². The third-order valence-electron chi connectivity index (χ3n) is 3.38. The summed E-state index contributed by atoms with van der Waals surface area (Å²) in [6.45, 7) is 0.217. The van der Waals surface area contributed by atoms with E-state index in [0.717, 1.165) is 5.56 Å². The predicted octanol–water partition coefficient (Wildman–Crippen LogP) is 3.24. The summed E-state index contributed by atoms with van der Waals surface area (Å²) < 4.78 is 12.4. The second kappa shape index (κ2) is 6.79. The lowest BCUT2D eigenvalue weighted by Gasteiger charge is -2.13. The van der Waals surface area contributed by atoms with Crippen molar-refractivity contribution in [2.45, 2.75) is 6.61 Å². The smallest absolute Gasteiger partial charge is 0.342 e. The Hall–Kier alpha value is -3.08. The predicted molar refractivity (Wildman–Crippen MR) is 85.7 cm³/mol. The molecule has 3 rings (SSSR count). The van der Waals surface area contributed by atoms with Crippen LogP contribution in [0.1, 0.15) is 15.9 Å². The SMILES string of the molecule is COc1c(C(=O)OCc2ccccc2)cccc1-n1cccn1. The largest absolute Gasteiger partial charge is 0.494 e. The van der Waals surface area contributed by atoms with E-state index in [0.29, 0.717) is 17.0 Å². The van der Waals surface area contributed by atoms with E-state index in [1.807, 2.05) is 36.4 Å². The summed E-state index contributed by atoms with van der Waals surface area (Å²) in [6.07, 6.45) is 3.46. The summed E-state index contributed by atoms with van der Waals surface area (Å²) in [5.74, 6) is 0.00831. The molecule has 1 heterocycles. The summed E-state index contributed by atoms with van der Waals surface area (Å²) in [7, 11) is 1.52. The zero-order valence-electron chi connectivity index (χ0n) is 12.7. The summed E-state index contributed by atoms with van der Waals surface area (Å²) in [4.78, 5) is 12.4. The second-order valence-electron chi connectivity index (χ2n) is 4.87. The van der Waals surface area contributed by atoms with Crippen LogP contribution >= 0.6 is 0 Å². The minimum Gasteiger partial charge on any atom is -0.494 e. The molecule has 23 heavy (non-hydrogen) atoms. The highest BCUT2D eigenvalue weighted by Gasteiger charge is 2.18. The van der Waals surface area contributed by atoms with Gasteiger partial charge in [-0.25, -0.2) is 9.48 Å². The van der Waals surface area contributed by atoms with Crippen molar-refractivity contribution in [1.29, 1.82) is 0 Å². The first-order valence-corrected chi connectivity index (χ1v) is 7.17. The molecule has 0 bridgehead atoms. The van der Waals surface area contributed by atoms with E-state index in [2.05, 4.69) is 5.10 Å². The molecule has 5 heteroatoms. The molecule has 0 unspecified atom stereocenters. The topological polar surface area (TPSA) is 53.4 Å². The number of aromatic nitrogens is 2. The molecule has 0 saturated carbocycles. The molecular formula is C18H16N2O3. The number of esters is 1. The summed E-state index contributed by atoms with van der Waals surface area (Å²) >= 11 is 0. The maximum atomic E-state index is 12.4. The van der Waals surface area contributed by atoms with Crippen LogP contribution in [0.5, 0.6) is 5.75 Å². The van der Waals surface area contributed by atoms with Gasteiger partial charge >= 0.3 is 5.97 Å². The van der Waals surface area contributed by atoms with Gasteiger partial charge in [0, 0.05) is 12.4 Å². The van der Waals surface area contributed by atoms with Crippen LogP contribution in [-0.4, -0.2) is 22.9 Å². The number of rotatable bonds is 5. The monoisotopic (exact) mass is 308 g/mol. The van der Waals surface area contributed by atoms with Gasteiger partial charge in [-0.1, -0.05) is 36.4 Å². The molecule has 2 aromatic carbocycles. The highest BCUT2D eigenvalue weighted by Crippen LogP contribution is 2.27. The van der Waals surface area contributed by atoms with Crippen LogP contribution in [0, 0.1) is 0 Å². The first kappa shape index (κ1) is 14.8. The molecular weight excluding hydrogens is 292 g/mol. The Bertz CT molecular complexity index is 783. The fourth-order valence-electron chi connectivity index (χ4n) is 2.29. The van der Waals surface area contributed by atoms with Crippen molar-refractivity contribution in [3.8, 4) is 11.4 Å². The fourth-order valence-corrected chi connectivity index (χ4v) is 2.29. The Morgan fingerprint density at radius 2 is 1.91 bits per heavy atom. The van der Waals surface area contributed by atoms with Crippen molar-refractivity contribution in [3.05, 3.63) is 78.1 Å². The highest BCUT2D eigenvalue weighted by molar-refractivity contribution is 5.94.